The van der Waals surface area contributed by atoms with Gasteiger partial charge in [-0.05, 0) is 117 Å². The monoisotopic (exact) mass is 740 g/mol. The third kappa shape index (κ3) is 4.68. The number of anilines is 2. The molecule has 0 unspecified atom stereocenters. The highest BCUT2D eigenvalue weighted by Crippen LogP contribution is 2.44. The minimum Gasteiger partial charge on any atom is -0.461 e. The first-order valence-corrected chi connectivity index (χ1v) is 19.9. The number of benzene rings is 9. The zero-order chi connectivity index (χ0) is 38.5. The number of hydrogen-bond donors (Lipinski definition) is 0. The largest absolute Gasteiger partial charge is 0.461 e. The summed E-state index contributed by atoms with van der Waals surface area (Å²) >= 11 is 0. The van der Waals surface area contributed by atoms with Crippen LogP contribution in [0, 0.1) is 6.92 Å². The van der Waals surface area contributed by atoms with E-state index in [9.17, 15) is 0 Å². The summed E-state index contributed by atoms with van der Waals surface area (Å²) in [6.45, 7) is 6.43. The minimum absolute atomic E-state index is 0.873. The summed E-state index contributed by atoms with van der Waals surface area (Å²) in [6.07, 6.45) is 4.18. The molecule has 12 rings (SSSR count). The van der Waals surface area contributed by atoms with Crippen molar-refractivity contribution in [2.75, 3.05) is 4.90 Å². The van der Waals surface area contributed by atoms with Gasteiger partial charge in [-0.15, -0.1) is 0 Å². The normalized spacial score (nSPS) is 12.4. The molecule has 0 amide bonds. The molecule has 3 heteroatoms. The molecular formula is C55H36N2O. The molecule has 0 aliphatic heterocycles. The predicted molar refractivity (Wildman–Crippen MR) is 247 cm³/mol. The maximum absolute atomic E-state index is 6.24. The number of fused-ring (bicyclic) bond motifs is 13. The highest BCUT2D eigenvalue weighted by atomic mass is 16.3. The number of furan rings is 1. The highest BCUT2D eigenvalue weighted by molar-refractivity contribution is 6.26. The van der Waals surface area contributed by atoms with Gasteiger partial charge >= 0.3 is 0 Å². The number of rotatable bonds is 6. The van der Waals surface area contributed by atoms with E-state index in [1.165, 1.54) is 81.5 Å². The molecule has 12 aromatic rings. The summed E-state index contributed by atoms with van der Waals surface area (Å²) < 4.78 is 8.68. The first-order valence-electron chi connectivity index (χ1n) is 19.9. The topological polar surface area (TPSA) is 20.8 Å². The molecule has 0 bridgehead atoms. The number of para-hydroxylation sites is 3. The molecule has 0 saturated heterocycles. The second-order valence-corrected chi connectivity index (χ2v) is 15.3. The molecule has 58 heavy (non-hydrogen) atoms. The van der Waals surface area contributed by atoms with Crippen LogP contribution in [0.2, 0.25) is 0 Å². The van der Waals surface area contributed by atoms with Crippen LogP contribution >= 0.6 is 0 Å². The molecule has 0 aliphatic rings. The van der Waals surface area contributed by atoms with Gasteiger partial charge in [-0.1, -0.05) is 128 Å². The van der Waals surface area contributed by atoms with Crippen LogP contribution in [0.4, 0.5) is 11.4 Å². The number of nitrogens with zero attached hydrogens (tertiary/aromatic N) is 2. The average molecular weight is 741 g/mol. The lowest BCUT2D eigenvalue weighted by Crippen LogP contribution is -2.15. The SMILES string of the molecule is C=C/C(=C\c1c(C)oc2ccccc12)N(c1ccc(-c2cc3c4ccccc4n4c5ccccc5c(c2)c34)cc1)c1ccc2c3ccccc3c3ccccc3c2c1. The fraction of sp³-hybridized carbons (Fsp3) is 0.0182. The van der Waals surface area contributed by atoms with Crippen molar-refractivity contribution in [1.29, 1.82) is 0 Å². The van der Waals surface area contributed by atoms with E-state index in [0.717, 1.165) is 39.4 Å². The van der Waals surface area contributed by atoms with Crippen molar-refractivity contribution in [1.82, 2.24) is 4.40 Å². The van der Waals surface area contributed by atoms with Gasteiger partial charge in [0.1, 0.15) is 11.3 Å². The number of hydrogen-bond acceptors (Lipinski definition) is 2. The van der Waals surface area contributed by atoms with E-state index in [2.05, 4.69) is 186 Å². The second kappa shape index (κ2) is 12.4. The molecule has 0 radical (unpaired) electrons. The van der Waals surface area contributed by atoms with Crippen molar-refractivity contribution in [3.63, 3.8) is 0 Å². The standard InChI is InChI=1S/C55H36N2O/c1-3-37(32-48-34(2)58-54-23-13-10-20-47(48)54)56(39-28-29-44-42-16-5-4-14-40(42)41-15-6-7-17-43(41)49(44)33-39)38-26-24-35(25-27-38)36-30-50-45-18-8-11-21-52(45)57-53-22-12-9-19-46(53)51(31-36)55(50)57/h3-33H,1H2,2H3/b37-32+. The molecule has 3 nitrogen and oxygen atoms in total. The van der Waals surface area contributed by atoms with Crippen LogP contribution in [0.15, 0.2) is 199 Å². The zero-order valence-corrected chi connectivity index (χ0v) is 31.9. The molecular weight excluding hydrogens is 705 g/mol. The van der Waals surface area contributed by atoms with Crippen LogP contribution in [0.1, 0.15) is 11.3 Å². The Morgan fingerprint density at radius 2 is 0.983 bits per heavy atom. The zero-order valence-electron chi connectivity index (χ0n) is 31.9. The van der Waals surface area contributed by atoms with E-state index < -0.39 is 0 Å². The summed E-state index contributed by atoms with van der Waals surface area (Å²) in [5.74, 6) is 0.873. The van der Waals surface area contributed by atoms with Gasteiger partial charge in [0, 0.05) is 49.6 Å². The van der Waals surface area contributed by atoms with E-state index in [1.807, 2.05) is 25.1 Å². The first kappa shape index (κ1) is 32.6. The van der Waals surface area contributed by atoms with Gasteiger partial charge < -0.3 is 13.7 Å². The summed E-state index contributed by atoms with van der Waals surface area (Å²) in [6, 6.07) is 63.9. The van der Waals surface area contributed by atoms with Crippen LogP contribution < -0.4 is 4.90 Å². The van der Waals surface area contributed by atoms with E-state index in [0.29, 0.717) is 0 Å². The number of aromatic nitrogens is 1. The van der Waals surface area contributed by atoms with E-state index >= 15 is 0 Å². The lowest BCUT2D eigenvalue weighted by atomic mass is 9.94. The third-order valence-electron chi connectivity index (χ3n) is 12.2. The molecule has 272 valence electrons. The van der Waals surface area contributed by atoms with Crippen molar-refractivity contribution >= 4 is 98.8 Å². The predicted octanol–water partition coefficient (Wildman–Crippen LogP) is 15.4. The Morgan fingerprint density at radius 3 is 1.59 bits per heavy atom. The Kier molecular flexibility index (Phi) is 6.99. The van der Waals surface area contributed by atoms with Crippen LogP contribution in [-0.2, 0) is 0 Å². The van der Waals surface area contributed by atoms with Gasteiger partial charge in [-0.2, -0.15) is 0 Å². The van der Waals surface area contributed by atoms with Crippen LogP contribution in [-0.4, -0.2) is 4.40 Å². The summed E-state index contributed by atoms with van der Waals surface area (Å²) in [4.78, 5) is 2.33. The third-order valence-corrected chi connectivity index (χ3v) is 12.2. The van der Waals surface area contributed by atoms with E-state index in [1.54, 1.807) is 0 Å². The molecule has 0 saturated carbocycles. The van der Waals surface area contributed by atoms with Gasteiger partial charge in [0.05, 0.1) is 16.6 Å². The van der Waals surface area contributed by atoms with Gasteiger partial charge in [-0.25, -0.2) is 0 Å². The van der Waals surface area contributed by atoms with Crippen molar-refractivity contribution in [3.8, 4) is 11.1 Å². The maximum atomic E-state index is 6.24. The fourth-order valence-corrected chi connectivity index (χ4v) is 9.63. The van der Waals surface area contributed by atoms with Crippen molar-refractivity contribution < 1.29 is 4.42 Å². The van der Waals surface area contributed by atoms with Gasteiger partial charge in [-0.3, -0.25) is 0 Å². The molecule has 0 fully saturated rings. The Bertz CT molecular complexity index is 3540. The van der Waals surface area contributed by atoms with Crippen LogP contribution in [0.25, 0.3) is 98.6 Å². The minimum atomic E-state index is 0.873. The molecule has 0 N–H and O–H groups in total. The Morgan fingerprint density at radius 1 is 0.483 bits per heavy atom. The molecule has 3 aromatic heterocycles. The van der Waals surface area contributed by atoms with Crippen molar-refractivity contribution in [3.05, 3.63) is 206 Å². The van der Waals surface area contributed by atoms with Gasteiger partial charge in [0.15, 0.2) is 0 Å². The van der Waals surface area contributed by atoms with Crippen molar-refractivity contribution in [2.45, 2.75) is 6.92 Å². The fourth-order valence-electron chi connectivity index (χ4n) is 9.63. The second-order valence-electron chi connectivity index (χ2n) is 15.3. The maximum Gasteiger partial charge on any atom is 0.134 e. The summed E-state index contributed by atoms with van der Waals surface area (Å²) in [5, 5.41) is 13.7. The quantitative estimate of drug-likeness (QED) is 0.125. The number of allylic oxidation sites excluding steroid dienone is 1. The Balaban J connectivity index is 1.06. The molecule has 0 aliphatic carbocycles. The highest BCUT2D eigenvalue weighted by Gasteiger charge is 2.21. The first-order chi connectivity index (χ1) is 28.6. The summed E-state index contributed by atoms with van der Waals surface area (Å²) in [5.41, 5.74) is 11.1. The van der Waals surface area contributed by atoms with Crippen LogP contribution in [0.5, 0.6) is 0 Å². The lowest BCUT2D eigenvalue weighted by molar-refractivity contribution is 0.577. The Hall–Kier alpha value is -7.62. The Labute approximate surface area is 334 Å². The molecule has 9 aromatic carbocycles. The molecule has 0 atom stereocenters. The van der Waals surface area contributed by atoms with Gasteiger partial charge in [0.2, 0.25) is 0 Å². The van der Waals surface area contributed by atoms with Crippen LogP contribution in [0.3, 0.4) is 0 Å². The molecule has 3 heterocycles. The molecule has 0 spiro atoms. The summed E-state index contributed by atoms with van der Waals surface area (Å²) in [7, 11) is 0. The number of aryl methyl sites for hydroxylation is 1. The van der Waals surface area contributed by atoms with Gasteiger partial charge in [0.25, 0.3) is 0 Å². The van der Waals surface area contributed by atoms with Crippen molar-refractivity contribution in [2.24, 2.45) is 0 Å². The van der Waals surface area contributed by atoms with E-state index in [4.69, 9.17) is 4.42 Å². The lowest BCUT2D eigenvalue weighted by Gasteiger charge is -2.27. The average Bonchev–Trinajstić information content (AvgIpc) is 3.92. The smallest absolute Gasteiger partial charge is 0.134 e. The van der Waals surface area contributed by atoms with E-state index in [-0.39, 0.29) is 0 Å².